The normalized spacial score (nSPS) is 26.2. The van der Waals surface area contributed by atoms with Crippen LogP contribution in [0.5, 0.6) is 0 Å². The number of thioether (sulfide) groups is 1. The highest BCUT2D eigenvalue weighted by molar-refractivity contribution is 8.01. The Hall–Kier alpha value is -0.820. The smallest absolute Gasteiger partial charge is 0.230 e. The highest BCUT2D eigenvalue weighted by Gasteiger charge is 2.28. The first-order chi connectivity index (χ1) is 9.60. The summed E-state index contributed by atoms with van der Waals surface area (Å²) in [6.07, 6.45) is 3.59. The summed E-state index contributed by atoms with van der Waals surface area (Å²) in [5.74, 6) is 1.77. The van der Waals surface area contributed by atoms with Crippen molar-refractivity contribution in [2.75, 3.05) is 18.1 Å². The number of carbonyl (C=O) groups excluding carboxylic acids is 1. The van der Waals surface area contributed by atoms with Crippen molar-refractivity contribution in [1.29, 1.82) is 0 Å². The fourth-order valence-corrected chi connectivity index (χ4v) is 4.05. The molecule has 1 aromatic heterocycles. The molecule has 1 heterocycles. The van der Waals surface area contributed by atoms with Gasteiger partial charge in [0.1, 0.15) is 0 Å². The van der Waals surface area contributed by atoms with Crippen LogP contribution in [-0.2, 0) is 4.79 Å². The summed E-state index contributed by atoms with van der Waals surface area (Å²) in [4.78, 5) is 12.0. The molecule has 7 heteroatoms. The van der Waals surface area contributed by atoms with Gasteiger partial charge in [-0.15, -0.1) is 10.2 Å². The summed E-state index contributed by atoms with van der Waals surface area (Å²) in [6, 6.07) is 0.328. The number of hydrogen-bond donors (Lipinski definition) is 2. The van der Waals surface area contributed by atoms with Crippen LogP contribution in [0.15, 0.2) is 4.34 Å². The van der Waals surface area contributed by atoms with Gasteiger partial charge in [-0.25, -0.2) is 0 Å². The average Bonchev–Trinajstić information content (AvgIpc) is 2.90. The monoisotopic (exact) mass is 314 g/mol. The lowest BCUT2D eigenvalue weighted by Gasteiger charge is -2.34. The van der Waals surface area contributed by atoms with E-state index in [0.717, 1.165) is 15.9 Å². The van der Waals surface area contributed by atoms with Gasteiger partial charge in [-0.1, -0.05) is 49.8 Å². The first-order valence-corrected chi connectivity index (χ1v) is 8.83. The van der Waals surface area contributed by atoms with E-state index in [1.165, 1.54) is 35.9 Å². The Balaban J connectivity index is 1.77. The van der Waals surface area contributed by atoms with E-state index in [-0.39, 0.29) is 5.91 Å². The van der Waals surface area contributed by atoms with Crippen LogP contribution in [0.4, 0.5) is 5.13 Å². The molecule has 0 unspecified atom stereocenters. The maximum Gasteiger partial charge on any atom is 0.230 e. The van der Waals surface area contributed by atoms with E-state index in [1.807, 2.05) is 7.05 Å². The molecule has 0 radical (unpaired) electrons. The molecule has 1 amide bonds. The molecule has 5 nitrogen and oxygen atoms in total. The van der Waals surface area contributed by atoms with Gasteiger partial charge < -0.3 is 10.6 Å². The zero-order valence-corrected chi connectivity index (χ0v) is 13.8. The van der Waals surface area contributed by atoms with Crippen molar-refractivity contribution in [3.63, 3.8) is 0 Å². The van der Waals surface area contributed by atoms with Crippen LogP contribution in [0.25, 0.3) is 0 Å². The third kappa shape index (κ3) is 4.09. The quantitative estimate of drug-likeness (QED) is 0.818. The molecule has 1 aliphatic rings. The van der Waals surface area contributed by atoms with Gasteiger partial charge in [-0.3, -0.25) is 4.79 Å². The van der Waals surface area contributed by atoms with E-state index < -0.39 is 0 Å². The number of anilines is 1. The molecule has 0 aromatic carbocycles. The third-order valence-electron chi connectivity index (χ3n) is 4.00. The van der Waals surface area contributed by atoms with Crippen molar-refractivity contribution < 1.29 is 4.79 Å². The van der Waals surface area contributed by atoms with Gasteiger partial charge in [-0.05, 0) is 18.3 Å². The summed E-state index contributed by atoms with van der Waals surface area (Å²) in [5.41, 5.74) is 0. The zero-order valence-electron chi connectivity index (χ0n) is 12.2. The second-order valence-electron chi connectivity index (χ2n) is 5.35. The lowest BCUT2D eigenvalue weighted by atomic mass is 9.78. The zero-order chi connectivity index (χ0) is 14.5. The molecule has 2 rings (SSSR count). The van der Waals surface area contributed by atoms with Crippen LogP contribution in [0.3, 0.4) is 0 Å². The lowest BCUT2D eigenvalue weighted by molar-refractivity contribution is -0.119. The molecule has 0 spiro atoms. The van der Waals surface area contributed by atoms with E-state index in [0.29, 0.717) is 23.6 Å². The lowest BCUT2D eigenvalue weighted by Crippen LogP contribution is -2.44. The molecule has 0 saturated heterocycles. The van der Waals surface area contributed by atoms with Gasteiger partial charge in [-0.2, -0.15) is 0 Å². The van der Waals surface area contributed by atoms with Crippen molar-refractivity contribution in [2.45, 2.75) is 43.5 Å². The largest absolute Gasteiger partial charge is 0.363 e. The van der Waals surface area contributed by atoms with Crippen molar-refractivity contribution in [1.82, 2.24) is 15.5 Å². The topological polar surface area (TPSA) is 66.9 Å². The fraction of sp³-hybridized carbons (Fsp3) is 0.769. The SMILES string of the molecule is CNc1nnc(SCC(=O)N[C@@H]2CCC[C@H](C)[C@H]2C)s1. The van der Waals surface area contributed by atoms with Crippen LogP contribution in [0.2, 0.25) is 0 Å². The fourth-order valence-electron chi connectivity index (χ4n) is 2.53. The van der Waals surface area contributed by atoms with Crippen molar-refractivity contribution in [3.05, 3.63) is 0 Å². The minimum atomic E-state index is 0.0992. The second-order valence-corrected chi connectivity index (χ2v) is 7.55. The van der Waals surface area contributed by atoms with E-state index in [9.17, 15) is 4.79 Å². The molecule has 0 aliphatic heterocycles. The summed E-state index contributed by atoms with van der Waals surface area (Å²) in [5, 5.41) is 14.9. The van der Waals surface area contributed by atoms with Crippen LogP contribution in [-0.4, -0.2) is 34.9 Å². The van der Waals surface area contributed by atoms with Crippen LogP contribution >= 0.6 is 23.1 Å². The Labute approximate surface area is 128 Å². The second kappa shape index (κ2) is 7.26. The van der Waals surface area contributed by atoms with Gasteiger partial charge >= 0.3 is 0 Å². The minimum Gasteiger partial charge on any atom is -0.363 e. The van der Waals surface area contributed by atoms with E-state index in [1.54, 1.807) is 0 Å². The third-order valence-corrected chi connectivity index (χ3v) is 6.07. The van der Waals surface area contributed by atoms with Crippen LogP contribution in [0, 0.1) is 11.8 Å². The standard InChI is InChI=1S/C13H22N4OS2/c1-8-5-4-6-10(9(8)2)15-11(18)7-19-13-17-16-12(14-3)20-13/h8-10H,4-7H2,1-3H3,(H,14,16)(H,15,18)/t8-,9+,10+/m0/s1. The molecule has 2 N–H and O–H groups in total. The Bertz CT molecular complexity index is 451. The average molecular weight is 314 g/mol. The van der Waals surface area contributed by atoms with Crippen LogP contribution in [0.1, 0.15) is 33.1 Å². The number of hydrogen-bond acceptors (Lipinski definition) is 6. The predicted molar refractivity (Wildman–Crippen MR) is 84.3 cm³/mol. The molecule has 1 saturated carbocycles. The Morgan fingerprint density at radius 1 is 1.40 bits per heavy atom. The Morgan fingerprint density at radius 2 is 2.20 bits per heavy atom. The molecule has 1 fully saturated rings. The van der Waals surface area contributed by atoms with E-state index >= 15 is 0 Å². The molecule has 0 bridgehead atoms. The highest BCUT2D eigenvalue weighted by Crippen LogP contribution is 2.30. The van der Waals surface area contributed by atoms with Gasteiger partial charge in [0.25, 0.3) is 0 Å². The molecule has 112 valence electrons. The number of carbonyl (C=O) groups is 1. The maximum absolute atomic E-state index is 12.0. The highest BCUT2D eigenvalue weighted by atomic mass is 32.2. The molecular formula is C13H22N4OS2. The Kier molecular flexibility index (Phi) is 5.65. The van der Waals surface area contributed by atoms with Gasteiger partial charge in [0.05, 0.1) is 5.75 Å². The molecular weight excluding hydrogens is 292 g/mol. The number of rotatable bonds is 5. The van der Waals surface area contributed by atoms with Gasteiger partial charge in [0, 0.05) is 13.1 Å². The summed E-state index contributed by atoms with van der Waals surface area (Å²) < 4.78 is 0.828. The summed E-state index contributed by atoms with van der Waals surface area (Å²) in [7, 11) is 1.81. The first kappa shape index (κ1) is 15.6. The number of nitrogens with zero attached hydrogens (tertiary/aromatic N) is 2. The Morgan fingerprint density at radius 3 is 2.90 bits per heavy atom. The van der Waals surface area contributed by atoms with Crippen molar-refractivity contribution in [3.8, 4) is 0 Å². The van der Waals surface area contributed by atoms with Crippen molar-refractivity contribution in [2.24, 2.45) is 11.8 Å². The molecule has 20 heavy (non-hydrogen) atoms. The molecule has 1 aromatic rings. The summed E-state index contributed by atoms with van der Waals surface area (Å²) in [6.45, 7) is 4.52. The van der Waals surface area contributed by atoms with Crippen molar-refractivity contribution >= 4 is 34.1 Å². The first-order valence-electron chi connectivity index (χ1n) is 7.03. The number of aromatic nitrogens is 2. The minimum absolute atomic E-state index is 0.0992. The van der Waals surface area contributed by atoms with Gasteiger partial charge in [0.2, 0.25) is 11.0 Å². The molecule has 1 aliphatic carbocycles. The number of nitrogens with one attached hydrogen (secondary N) is 2. The summed E-state index contributed by atoms with van der Waals surface area (Å²) >= 11 is 2.92. The van der Waals surface area contributed by atoms with E-state index in [4.69, 9.17) is 0 Å². The maximum atomic E-state index is 12.0. The van der Waals surface area contributed by atoms with E-state index in [2.05, 4.69) is 34.7 Å². The van der Waals surface area contributed by atoms with Crippen LogP contribution < -0.4 is 10.6 Å². The molecule has 3 atom stereocenters. The van der Waals surface area contributed by atoms with Gasteiger partial charge in [0.15, 0.2) is 4.34 Å². The number of amides is 1. The predicted octanol–water partition coefficient (Wildman–Crippen LogP) is 2.61.